The van der Waals surface area contributed by atoms with Crippen LogP contribution in [-0.2, 0) is 22.5 Å². The van der Waals surface area contributed by atoms with E-state index in [2.05, 4.69) is 27.3 Å². The Morgan fingerprint density at radius 1 is 1.10 bits per heavy atom. The van der Waals surface area contributed by atoms with Crippen LogP contribution in [0.4, 0.5) is 14.5 Å². The van der Waals surface area contributed by atoms with Crippen molar-refractivity contribution in [1.82, 2.24) is 9.88 Å². The summed E-state index contributed by atoms with van der Waals surface area (Å²) in [4.78, 5) is 19.1. The minimum Gasteiger partial charge on any atom is -0.379 e. The van der Waals surface area contributed by atoms with E-state index in [1.165, 1.54) is 23.0 Å². The van der Waals surface area contributed by atoms with E-state index in [0.717, 1.165) is 55.6 Å². The highest BCUT2D eigenvalue weighted by Gasteiger charge is 2.13. The van der Waals surface area contributed by atoms with Gasteiger partial charge < -0.3 is 10.1 Å². The van der Waals surface area contributed by atoms with Crippen LogP contribution in [0.25, 0.3) is 10.6 Å². The Labute approximate surface area is 177 Å². The van der Waals surface area contributed by atoms with Gasteiger partial charge in [-0.05, 0) is 17.7 Å². The number of aromatic nitrogens is 1. The largest absolute Gasteiger partial charge is 0.379 e. The van der Waals surface area contributed by atoms with Crippen LogP contribution < -0.4 is 5.32 Å². The molecule has 0 unspecified atom stereocenters. The summed E-state index contributed by atoms with van der Waals surface area (Å²) < 4.78 is 31.6. The Morgan fingerprint density at radius 2 is 1.87 bits per heavy atom. The number of nitrogens with zero attached hydrogens (tertiary/aromatic N) is 2. The number of hydrogen-bond donors (Lipinski definition) is 1. The van der Waals surface area contributed by atoms with E-state index in [1.54, 1.807) is 0 Å². The number of amides is 1. The third-order valence-corrected chi connectivity index (χ3v) is 5.75. The quantitative estimate of drug-likeness (QED) is 0.641. The average molecular weight is 429 g/mol. The van der Waals surface area contributed by atoms with Gasteiger partial charge in [-0.1, -0.05) is 24.3 Å². The van der Waals surface area contributed by atoms with E-state index in [-0.39, 0.29) is 18.0 Å². The summed E-state index contributed by atoms with van der Waals surface area (Å²) in [5, 5.41) is 5.23. The van der Waals surface area contributed by atoms with Gasteiger partial charge in [0, 0.05) is 42.3 Å². The molecule has 0 atom stereocenters. The molecule has 1 saturated heterocycles. The third-order valence-electron chi connectivity index (χ3n) is 4.81. The topological polar surface area (TPSA) is 54.5 Å². The molecule has 2 heterocycles. The Bertz CT molecular complexity index is 1020. The molecule has 3 aromatic rings. The number of rotatable bonds is 6. The second-order valence-electron chi connectivity index (χ2n) is 7.08. The second kappa shape index (κ2) is 9.42. The Hall–Kier alpha value is -2.68. The summed E-state index contributed by atoms with van der Waals surface area (Å²) in [7, 11) is 0. The molecule has 0 saturated carbocycles. The summed E-state index contributed by atoms with van der Waals surface area (Å²) in [6.45, 7) is 4.36. The molecule has 0 radical (unpaired) electrons. The number of benzene rings is 2. The molecule has 4 rings (SSSR count). The highest BCUT2D eigenvalue weighted by atomic mass is 32.1. The lowest BCUT2D eigenvalue weighted by molar-refractivity contribution is -0.115. The summed E-state index contributed by atoms with van der Waals surface area (Å²) in [6, 6.07) is 11.5. The van der Waals surface area contributed by atoms with Crippen molar-refractivity contribution in [1.29, 1.82) is 0 Å². The maximum atomic E-state index is 13.3. The number of carbonyl (C=O) groups excluding carboxylic acids is 1. The van der Waals surface area contributed by atoms with Gasteiger partial charge in [-0.3, -0.25) is 9.69 Å². The molecule has 8 heteroatoms. The number of anilines is 1. The molecule has 1 aliphatic heterocycles. The van der Waals surface area contributed by atoms with Crippen LogP contribution in [0.1, 0.15) is 11.3 Å². The SMILES string of the molecule is O=C(Cc1csc(-c2ccc(CN3CCOCC3)cc2)n1)Nc1ccc(F)c(F)c1. The van der Waals surface area contributed by atoms with Crippen LogP contribution >= 0.6 is 11.3 Å². The standard InChI is InChI=1S/C22H21F2N3O2S/c23-19-6-5-17(11-20(19)24)25-21(28)12-18-14-30-22(26-18)16-3-1-15(2-4-16)13-27-7-9-29-10-8-27/h1-6,11,14H,7-10,12-13H2,(H,25,28). The number of morpholine rings is 1. The third kappa shape index (κ3) is 5.27. The van der Waals surface area contributed by atoms with E-state index in [0.29, 0.717) is 5.69 Å². The molecule has 1 fully saturated rings. The molecule has 0 aliphatic carbocycles. The number of nitrogens with one attached hydrogen (secondary N) is 1. The molecule has 0 spiro atoms. The predicted molar refractivity (Wildman–Crippen MR) is 112 cm³/mol. The molecule has 2 aromatic carbocycles. The zero-order valence-electron chi connectivity index (χ0n) is 16.2. The second-order valence-corrected chi connectivity index (χ2v) is 7.94. The van der Waals surface area contributed by atoms with Crippen LogP contribution in [0.15, 0.2) is 47.8 Å². The number of halogens is 2. The fourth-order valence-electron chi connectivity index (χ4n) is 3.23. The smallest absolute Gasteiger partial charge is 0.230 e. The minimum absolute atomic E-state index is 0.0601. The van der Waals surface area contributed by atoms with Crippen LogP contribution in [0.5, 0.6) is 0 Å². The maximum Gasteiger partial charge on any atom is 0.230 e. The van der Waals surface area contributed by atoms with Gasteiger partial charge in [0.25, 0.3) is 0 Å². The monoisotopic (exact) mass is 429 g/mol. The lowest BCUT2D eigenvalue weighted by Crippen LogP contribution is -2.35. The van der Waals surface area contributed by atoms with Crippen LogP contribution in [0.3, 0.4) is 0 Å². The Kier molecular flexibility index (Phi) is 6.47. The van der Waals surface area contributed by atoms with E-state index < -0.39 is 11.6 Å². The number of hydrogen-bond acceptors (Lipinski definition) is 5. The fourth-order valence-corrected chi connectivity index (χ4v) is 4.06. The molecule has 1 aliphatic rings. The highest BCUT2D eigenvalue weighted by molar-refractivity contribution is 7.13. The Balaban J connectivity index is 1.35. The van der Waals surface area contributed by atoms with Gasteiger partial charge in [0.05, 0.1) is 25.3 Å². The van der Waals surface area contributed by atoms with Crippen molar-refractivity contribution in [3.8, 4) is 10.6 Å². The van der Waals surface area contributed by atoms with Crippen LogP contribution in [0.2, 0.25) is 0 Å². The van der Waals surface area contributed by atoms with Crippen molar-refractivity contribution in [2.24, 2.45) is 0 Å². The van der Waals surface area contributed by atoms with Crippen molar-refractivity contribution < 1.29 is 18.3 Å². The summed E-state index contributed by atoms with van der Waals surface area (Å²) in [5.74, 6) is -2.28. The van der Waals surface area contributed by atoms with E-state index in [9.17, 15) is 13.6 Å². The van der Waals surface area contributed by atoms with Crippen LogP contribution in [0, 0.1) is 11.6 Å². The molecular formula is C22H21F2N3O2S. The lowest BCUT2D eigenvalue weighted by atomic mass is 10.1. The van der Waals surface area contributed by atoms with Gasteiger partial charge in [-0.2, -0.15) is 0 Å². The summed E-state index contributed by atoms with van der Waals surface area (Å²) >= 11 is 1.47. The molecule has 0 bridgehead atoms. The van der Waals surface area contributed by atoms with E-state index in [1.807, 2.05) is 17.5 Å². The van der Waals surface area contributed by atoms with Gasteiger partial charge in [-0.25, -0.2) is 13.8 Å². The van der Waals surface area contributed by atoms with Crippen molar-refractivity contribution in [3.05, 3.63) is 70.7 Å². The van der Waals surface area contributed by atoms with Crippen LogP contribution in [-0.4, -0.2) is 42.1 Å². The van der Waals surface area contributed by atoms with Gasteiger partial charge in [0.1, 0.15) is 5.01 Å². The molecule has 30 heavy (non-hydrogen) atoms. The highest BCUT2D eigenvalue weighted by Crippen LogP contribution is 2.25. The number of thiazole rings is 1. The van der Waals surface area contributed by atoms with Gasteiger partial charge in [-0.15, -0.1) is 11.3 Å². The van der Waals surface area contributed by atoms with Gasteiger partial charge >= 0.3 is 0 Å². The summed E-state index contributed by atoms with van der Waals surface area (Å²) in [5.41, 5.74) is 3.08. The van der Waals surface area contributed by atoms with Crippen molar-refractivity contribution in [2.75, 3.05) is 31.6 Å². The molecular weight excluding hydrogens is 408 g/mol. The Morgan fingerprint density at radius 3 is 2.60 bits per heavy atom. The normalized spacial score (nSPS) is 14.6. The fraction of sp³-hybridized carbons (Fsp3) is 0.273. The molecule has 1 N–H and O–H groups in total. The predicted octanol–water partition coefficient (Wildman–Crippen LogP) is 4.10. The first-order chi connectivity index (χ1) is 14.6. The van der Waals surface area contributed by atoms with Crippen molar-refractivity contribution in [2.45, 2.75) is 13.0 Å². The first kappa shape index (κ1) is 20.6. The van der Waals surface area contributed by atoms with Crippen molar-refractivity contribution >= 4 is 22.9 Å². The first-order valence-corrected chi connectivity index (χ1v) is 10.5. The van der Waals surface area contributed by atoms with E-state index >= 15 is 0 Å². The minimum atomic E-state index is -0.999. The molecule has 1 aromatic heterocycles. The molecule has 156 valence electrons. The maximum absolute atomic E-state index is 13.3. The average Bonchev–Trinajstić information content (AvgIpc) is 3.20. The number of carbonyl (C=O) groups is 1. The van der Waals surface area contributed by atoms with E-state index in [4.69, 9.17) is 4.74 Å². The molecule has 5 nitrogen and oxygen atoms in total. The zero-order chi connectivity index (χ0) is 20.9. The van der Waals surface area contributed by atoms with Gasteiger partial charge in [0.2, 0.25) is 5.91 Å². The first-order valence-electron chi connectivity index (χ1n) is 9.65. The van der Waals surface area contributed by atoms with Gasteiger partial charge in [0.15, 0.2) is 11.6 Å². The zero-order valence-corrected chi connectivity index (χ0v) is 17.1. The lowest BCUT2D eigenvalue weighted by Gasteiger charge is -2.26. The molecule has 1 amide bonds. The van der Waals surface area contributed by atoms with Crippen molar-refractivity contribution in [3.63, 3.8) is 0 Å². The number of ether oxygens (including phenoxy) is 1. The summed E-state index contributed by atoms with van der Waals surface area (Å²) in [6.07, 6.45) is 0.0601.